The van der Waals surface area contributed by atoms with Crippen LogP contribution in [0.3, 0.4) is 0 Å². The Morgan fingerprint density at radius 1 is 0.373 bits per heavy atom. The van der Waals surface area contributed by atoms with Crippen molar-refractivity contribution in [3.05, 3.63) is 228 Å². The van der Waals surface area contributed by atoms with Gasteiger partial charge in [-0.25, -0.2) is 4.98 Å². The van der Waals surface area contributed by atoms with Crippen LogP contribution >= 0.6 is 0 Å². The zero-order valence-electron chi connectivity index (χ0n) is 37.2. The van der Waals surface area contributed by atoms with Crippen LogP contribution in [0.1, 0.15) is 59.1 Å². The van der Waals surface area contributed by atoms with E-state index in [9.17, 15) is 0 Å². The quantitative estimate of drug-likeness (QED) is 0.160. The van der Waals surface area contributed by atoms with E-state index < -0.39 is 0 Å². The first-order chi connectivity index (χ1) is 33.2. The summed E-state index contributed by atoms with van der Waals surface area (Å²) < 4.78 is 2.20. The fourth-order valence-corrected chi connectivity index (χ4v) is 10.8. The molecule has 0 radical (unpaired) electrons. The molecule has 0 bridgehead atoms. The molecule has 13 rings (SSSR count). The van der Waals surface area contributed by atoms with Gasteiger partial charge in [-0.2, -0.15) is 9.97 Å². The lowest BCUT2D eigenvalue weighted by Gasteiger charge is -2.26. The monoisotopic (exact) mass is 858 g/mol. The van der Waals surface area contributed by atoms with E-state index in [1.165, 1.54) is 60.9 Å². The van der Waals surface area contributed by atoms with Crippen molar-refractivity contribution in [3.63, 3.8) is 0 Å². The van der Waals surface area contributed by atoms with Crippen molar-refractivity contribution in [2.24, 2.45) is 0 Å². The number of benzene rings is 8. The second-order valence-corrected chi connectivity index (χ2v) is 18.1. The molecule has 4 heteroatoms. The van der Waals surface area contributed by atoms with Crippen LogP contribution in [-0.4, -0.2) is 19.5 Å². The van der Waals surface area contributed by atoms with Crippen molar-refractivity contribution in [3.8, 4) is 51.0 Å². The Morgan fingerprint density at radius 3 is 1.72 bits per heavy atom. The molecule has 0 N–H and O–H groups in total. The summed E-state index contributed by atoms with van der Waals surface area (Å²) in [6.45, 7) is 0. The first-order valence-electron chi connectivity index (χ1n) is 23.7. The molecule has 0 atom stereocenters. The molecule has 0 saturated carbocycles. The minimum atomic E-state index is 0.591. The SMILES string of the molecule is C1=CC(c2ccc(-c3nc(-c4ccccc4)nc(-n4c5ccccc5c5cc(-c6cccc(-c7cccc(C8=Cc9c(c%10c(c%11ccccc9%11)C=CCC%10)CC8)c7)c6)ccc54)n3)cc2)=CCC1. The zero-order valence-corrected chi connectivity index (χ0v) is 37.2. The van der Waals surface area contributed by atoms with Crippen LogP contribution in [0.25, 0.3) is 107 Å². The lowest BCUT2D eigenvalue weighted by molar-refractivity contribution is 0.918. The van der Waals surface area contributed by atoms with Crippen molar-refractivity contribution >= 4 is 55.9 Å². The third-order valence-corrected chi connectivity index (χ3v) is 14.1. The predicted octanol–water partition coefficient (Wildman–Crippen LogP) is 16.0. The van der Waals surface area contributed by atoms with Crippen LogP contribution in [0.5, 0.6) is 0 Å². The topological polar surface area (TPSA) is 43.6 Å². The summed E-state index contributed by atoms with van der Waals surface area (Å²) in [5.74, 6) is 1.87. The highest BCUT2D eigenvalue weighted by atomic mass is 15.2. The number of fused-ring (bicyclic) bond motifs is 9. The van der Waals surface area contributed by atoms with E-state index in [0.717, 1.165) is 77.0 Å². The molecule has 0 spiro atoms. The maximum absolute atomic E-state index is 5.23. The van der Waals surface area contributed by atoms with E-state index in [4.69, 9.17) is 15.0 Å². The fourth-order valence-electron chi connectivity index (χ4n) is 10.8. The van der Waals surface area contributed by atoms with E-state index in [1.807, 2.05) is 18.2 Å². The van der Waals surface area contributed by atoms with E-state index in [0.29, 0.717) is 17.6 Å². The summed E-state index contributed by atoms with van der Waals surface area (Å²) in [5, 5.41) is 5.04. The van der Waals surface area contributed by atoms with E-state index in [1.54, 1.807) is 11.1 Å². The summed E-state index contributed by atoms with van der Waals surface area (Å²) in [6, 6.07) is 61.4. The van der Waals surface area contributed by atoms with Gasteiger partial charge in [-0.05, 0) is 146 Å². The zero-order chi connectivity index (χ0) is 44.3. The van der Waals surface area contributed by atoms with Gasteiger partial charge in [0.1, 0.15) is 0 Å². The molecule has 10 aromatic rings. The van der Waals surface area contributed by atoms with Gasteiger partial charge in [-0.3, -0.25) is 4.57 Å². The van der Waals surface area contributed by atoms with Gasteiger partial charge in [0.15, 0.2) is 11.6 Å². The first kappa shape index (κ1) is 39.2. The Balaban J connectivity index is 0.873. The number of aromatic nitrogens is 4. The number of hydrogen-bond donors (Lipinski definition) is 0. The van der Waals surface area contributed by atoms with Gasteiger partial charge in [0.25, 0.3) is 0 Å². The molecule has 0 saturated heterocycles. The summed E-state index contributed by atoms with van der Waals surface area (Å²) in [4.78, 5) is 15.5. The van der Waals surface area contributed by atoms with Crippen LogP contribution in [0, 0.1) is 0 Å². The molecule has 2 heterocycles. The summed E-state index contributed by atoms with van der Waals surface area (Å²) in [6.07, 6.45) is 20.5. The average molecular weight is 859 g/mol. The van der Waals surface area contributed by atoms with Crippen LogP contribution < -0.4 is 0 Å². The van der Waals surface area contributed by atoms with Gasteiger partial charge in [-0.1, -0.05) is 176 Å². The number of hydrogen-bond acceptors (Lipinski definition) is 3. The molecule has 0 aliphatic heterocycles. The van der Waals surface area contributed by atoms with Crippen LogP contribution in [0.15, 0.2) is 194 Å². The molecule has 0 amide bonds. The second-order valence-electron chi connectivity index (χ2n) is 18.1. The molecule has 318 valence electrons. The molecule has 3 aliphatic rings. The van der Waals surface area contributed by atoms with Crippen molar-refractivity contribution in [1.29, 1.82) is 0 Å². The maximum Gasteiger partial charge on any atom is 0.238 e. The third kappa shape index (κ3) is 6.96. The highest BCUT2D eigenvalue weighted by Crippen LogP contribution is 2.42. The average Bonchev–Trinajstić information content (AvgIpc) is 3.75. The largest absolute Gasteiger partial charge is 0.278 e. The van der Waals surface area contributed by atoms with E-state index in [2.05, 4.69) is 193 Å². The minimum Gasteiger partial charge on any atom is -0.278 e. The molecule has 8 aromatic carbocycles. The van der Waals surface area contributed by atoms with Crippen LogP contribution in [-0.2, 0) is 12.8 Å². The molecule has 2 aromatic heterocycles. The van der Waals surface area contributed by atoms with Gasteiger partial charge >= 0.3 is 0 Å². The number of para-hydroxylation sites is 1. The number of allylic oxidation sites excluding steroid dienone is 6. The number of nitrogens with zero attached hydrogens (tertiary/aromatic N) is 4. The van der Waals surface area contributed by atoms with Gasteiger partial charge < -0.3 is 0 Å². The lowest BCUT2D eigenvalue weighted by Crippen LogP contribution is -2.08. The highest BCUT2D eigenvalue weighted by molar-refractivity contribution is 6.10. The number of rotatable bonds is 7. The second kappa shape index (κ2) is 16.3. The van der Waals surface area contributed by atoms with Crippen LogP contribution in [0.4, 0.5) is 0 Å². The van der Waals surface area contributed by atoms with E-state index in [-0.39, 0.29) is 0 Å². The Morgan fingerprint density at radius 2 is 0.955 bits per heavy atom. The Hall–Kier alpha value is -8.21. The molecular formula is C63H46N4. The minimum absolute atomic E-state index is 0.591. The maximum atomic E-state index is 5.23. The summed E-state index contributed by atoms with van der Waals surface area (Å²) in [5.41, 5.74) is 19.9. The van der Waals surface area contributed by atoms with Crippen molar-refractivity contribution in [2.75, 3.05) is 0 Å². The van der Waals surface area contributed by atoms with Crippen molar-refractivity contribution in [2.45, 2.75) is 38.5 Å². The Kier molecular flexibility index (Phi) is 9.56. The van der Waals surface area contributed by atoms with Crippen LogP contribution in [0.2, 0.25) is 0 Å². The van der Waals surface area contributed by atoms with Gasteiger partial charge in [-0.15, -0.1) is 0 Å². The standard InChI is InChI=1S/C63H46N4/c1-3-15-41(16-4-1)42-29-31-44(32-30-42)62-64-61(43-17-5-2-6-18-43)65-63(66-62)67-59-28-12-11-27-56(59)58-40-50(34-36-60(58)67)48-22-14-20-46(38-48)45-19-13-21-47(37-45)49-33-35-55-53-25-8-7-23-51(53)52-24-9-10-26-54(52)57(55)39-49/h2-3,5-7,9-24,26-32,34,36-40H,1,4,8,25,33,35H2. The molecule has 3 aliphatic carbocycles. The molecule has 0 fully saturated rings. The first-order valence-corrected chi connectivity index (χ1v) is 23.7. The molecule has 4 nitrogen and oxygen atoms in total. The Labute approximate surface area is 390 Å². The normalized spacial score (nSPS) is 14.3. The third-order valence-electron chi connectivity index (χ3n) is 14.1. The van der Waals surface area contributed by atoms with Crippen molar-refractivity contribution < 1.29 is 0 Å². The van der Waals surface area contributed by atoms with Gasteiger partial charge in [0.05, 0.1) is 11.0 Å². The molecule has 67 heavy (non-hydrogen) atoms. The molecular weight excluding hydrogens is 813 g/mol. The summed E-state index contributed by atoms with van der Waals surface area (Å²) >= 11 is 0. The van der Waals surface area contributed by atoms with Gasteiger partial charge in [0, 0.05) is 21.9 Å². The smallest absolute Gasteiger partial charge is 0.238 e. The van der Waals surface area contributed by atoms with Gasteiger partial charge in [0.2, 0.25) is 5.95 Å². The molecule has 0 unspecified atom stereocenters. The Bertz CT molecular complexity index is 3730. The summed E-state index contributed by atoms with van der Waals surface area (Å²) in [7, 11) is 0. The highest BCUT2D eigenvalue weighted by Gasteiger charge is 2.23. The predicted molar refractivity (Wildman–Crippen MR) is 280 cm³/mol. The van der Waals surface area contributed by atoms with E-state index >= 15 is 0 Å². The van der Waals surface area contributed by atoms with Crippen molar-refractivity contribution in [1.82, 2.24) is 19.5 Å². The fraction of sp³-hybridized carbons (Fsp3) is 0.0952. The lowest BCUT2D eigenvalue weighted by atomic mass is 9.78.